The van der Waals surface area contributed by atoms with Gasteiger partial charge in [-0.2, -0.15) is 0 Å². The van der Waals surface area contributed by atoms with Crippen LogP contribution in [0.25, 0.3) is 0 Å². The van der Waals surface area contributed by atoms with Gasteiger partial charge in [0.15, 0.2) is 11.9 Å². The lowest BCUT2D eigenvalue weighted by Gasteiger charge is -2.27. The number of nitrogens with zero attached hydrogens (tertiary/aromatic N) is 2. The molecule has 38 heavy (non-hydrogen) atoms. The highest BCUT2D eigenvalue weighted by Crippen LogP contribution is 2.42. The molecule has 0 radical (unpaired) electrons. The Morgan fingerprint density at radius 2 is 2.00 bits per heavy atom. The van der Waals surface area contributed by atoms with Crippen LogP contribution in [0.1, 0.15) is 46.3 Å². The molecule has 1 aliphatic heterocycles. The van der Waals surface area contributed by atoms with Crippen molar-refractivity contribution in [2.45, 2.75) is 70.2 Å². The van der Waals surface area contributed by atoms with Gasteiger partial charge in [0.2, 0.25) is 0 Å². The minimum absolute atomic E-state index is 0.195. The number of alkyl halides is 1. The molecule has 2 N–H and O–H groups in total. The number of carbonyl (C=O) groups excluding carboxylic acids is 1. The van der Waals surface area contributed by atoms with Gasteiger partial charge in [0, 0.05) is 12.3 Å². The van der Waals surface area contributed by atoms with Gasteiger partial charge in [0.05, 0.1) is 13.2 Å². The van der Waals surface area contributed by atoms with Crippen LogP contribution in [0.3, 0.4) is 0 Å². The summed E-state index contributed by atoms with van der Waals surface area (Å²) in [6.07, 6.45) is -1.14. The molecule has 210 valence electrons. The van der Waals surface area contributed by atoms with Crippen molar-refractivity contribution < 1.29 is 37.7 Å². The summed E-state index contributed by atoms with van der Waals surface area (Å²) in [5.74, 6) is -0.393. The smallest absolute Gasteiger partial charge is 0.330 e. The molecule has 1 fully saturated rings. The van der Waals surface area contributed by atoms with Gasteiger partial charge in [-0.25, -0.2) is 9.18 Å². The predicted molar refractivity (Wildman–Crippen MR) is 135 cm³/mol. The van der Waals surface area contributed by atoms with E-state index in [0.717, 1.165) is 41.4 Å². The Morgan fingerprint density at radius 1 is 1.29 bits per heavy atom. The van der Waals surface area contributed by atoms with Gasteiger partial charge in [0.25, 0.3) is 13.7 Å². The van der Waals surface area contributed by atoms with Crippen LogP contribution in [0.4, 0.5) is 4.39 Å². The monoisotopic (exact) mass is 557 g/mol. The Labute approximate surface area is 219 Å². The van der Waals surface area contributed by atoms with Gasteiger partial charge < -0.3 is 23.9 Å². The van der Waals surface area contributed by atoms with Gasteiger partial charge in [-0.05, 0) is 32.4 Å². The topological polar surface area (TPSA) is 149 Å². The maximum Gasteiger partial charge on any atom is 0.330 e. The number of carbonyl (C=O) groups is 1. The summed E-state index contributed by atoms with van der Waals surface area (Å²) in [7, 11) is -3.32. The van der Waals surface area contributed by atoms with E-state index < -0.39 is 62.2 Å². The molecule has 0 spiro atoms. The molecule has 2 heterocycles. The van der Waals surface area contributed by atoms with Crippen LogP contribution in [0, 0.1) is 0 Å². The largest absolute Gasteiger partial charge is 0.464 e. The van der Waals surface area contributed by atoms with Crippen LogP contribution in [0.5, 0.6) is 5.75 Å². The molecule has 14 heteroatoms. The average molecular weight is 558 g/mol. The number of hydrogen-bond donors (Lipinski definition) is 2. The van der Waals surface area contributed by atoms with Gasteiger partial charge >= 0.3 is 11.7 Å². The zero-order valence-electron chi connectivity index (χ0n) is 21.4. The number of benzene rings is 1. The average Bonchev–Trinajstić information content (AvgIpc) is 3.11. The summed E-state index contributed by atoms with van der Waals surface area (Å²) >= 11 is 0. The second kappa shape index (κ2) is 13.3. The van der Waals surface area contributed by atoms with E-state index in [4.69, 9.17) is 18.8 Å². The molecule has 12 nitrogen and oxygen atoms in total. The first-order valence-electron chi connectivity index (χ1n) is 12.3. The Kier molecular flexibility index (Phi) is 10.4. The summed E-state index contributed by atoms with van der Waals surface area (Å²) in [5.41, 5.74) is -4.07. The Morgan fingerprint density at radius 3 is 2.66 bits per heavy atom. The number of hydroxylamine groups is 1. The van der Waals surface area contributed by atoms with Crippen molar-refractivity contribution in [2.75, 3.05) is 13.2 Å². The number of aliphatic hydroxyl groups is 1. The highest BCUT2D eigenvalue weighted by atomic mass is 31.1. The SMILES string of the molecule is CCCCCOC(=O)C(C)N(Oc1ccccc1)[PH](=O)OC[C@H]1O[C@@H](n2ccc(=O)[nH]c2=O)[C@](C)(F)[C@@H]1O. The summed E-state index contributed by atoms with van der Waals surface area (Å²) in [6.45, 7) is 4.13. The molecule has 0 aliphatic carbocycles. The number of rotatable bonds is 13. The fourth-order valence-electron chi connectivity index (χ4n) is 3.79. The highest BCUT2D eigenvalue weighted by molar-refractivity contribution is 7.36. The standard InChI is InChI=1S/C24H33FN3O9P/c1-4-5-9-14-34-21(31)16(2)28(37-17-10-7-6-8-11-17)38(33)35-15-18-20(30)24(3,25)22(36-18)27-13-12-19(29)26-23(27)32/h6-8,10-13,16,18,20,22,30,38H,4-5,9,14-15H2,1-3H3,(H,26,29,32)/t16?,18-,20-,22-,24-/m1/s1. The van der Waals surface area contributed by atoms with Crippen molar-refractivity contribution in [1.29, 1.82) is 0 Å². The third-order valence-electron chi connectivity index (χ3n) is 6.00. The van der Waals surface area contributed by atoms with Crippen molar-refractivity contribution >= 4 is 14.1 Å². The Hall–Kier alpha value is -2.83. The molecule has 1 aliphatic rings. The number of aromatic amines is 1. The minimum Gasteiger partial charge on any atom is -0.464 e. The number of H-pyrrole nitrogens is 1. The first kappa shape index (κ1) is 29.7. The summed E-state index contributed by atoms with van der Waals surface area (Å²) < 4.78 is 45.6. The zero-order chi connectivity index (χ0) is 27.9. The predicted octanol–water partition coefficient (Wildman–Crippen LogP) is 2.35. The van der Waals surface area contributed by atoms with Crippen LogP contribution in [0.15, 0.2) is 52.2 Å². The van der Waals surface area contributed by atoms with E-state index in [0.29, 0.717) is 6.42 Å². The fraction of sp³-hybridized carbons (Fsp3) is 0.542. The zero-order valence-corrected chi connectivity index (χ0v) is 22.4. The molecule has 3 rings (SSSR count). The van der Waals surface area contributed by atoms with Crippen molar-refractivity contribution in [1.82, 2.24) is 14.4 Å². The van der Waals surface area contributed by atoms with Crippen molar-refractivity contribution in [3.8, 4) is 5.75 Å². The van der Waals surface area contributed by atoms with E-state index in [1.165, 1.54) is 6.92 Å². The number of nitrogens with one attached hydrogen (secondary N) is 1. The summed E-state index contributed by atoms with van der Waals surface area (Å²) in [4.78, 5) is 44.6. The third-order valence-corrected chi connectivity index (χ3v) is 7.26. The van der Waals surface area contributed by atoms with Gasteiger partial charge in [-0.1, -0.05) is 42.8 Å². The highest BCUT2D eigenvalue weighted by Gasteiger charge is 2.55. The molecule has 0 amide bonds. The number of hydrogen-bond acceptors (Lipinski definition) is 9. The van der Waals surface area contributed by atoms with Gasteiger partial charge in [-0.15, -0.1) is 0 Å². The van der Waals surface area contributed by atoms with Crippen LogP contribution >= 0.6 is 8.18 Å². The van der Waals surface area contributed by atoms with E-state index in [1.807, 2.05) is 11.9 Å². The van der Waals surface area contributed by atoms with Crippen molar-refractivity contribution in [2.24, 2.45) is 0 Å². The quantitative estimate of drug-likeness (QED) is 0.163. The van der Waals surface area contributed by atoms with Gasteiger partial charge in [0.1, 0.15) is 24.0 Å². The van der Waals surface area contributed by atoms with E-state index >= 15 is 4.39 Å². The number of aromatic nitrogens is 2. The van der Waals surface area contributed by atoms with Crippen molar-refractivity contribution in [3.63, 3.8) is 0 Å². The molecule has 1 saturated heterocycles. The number of para-hydroxylation sites is 1. The molecule has 0 bridgehead atoms. The molecular weight excluding hydrogens is 524 g/mol. The molecule has 0 saturated carbocycles. The second-order valence-corrected chi connectivity index (χ2v) is 10.3. The molecule has 1 aromatic carbocycles. The van der Waals surface area contributed by atoms with Crippen LogP contribution in [-0.4, -0.2) is 62.6 Å². The number of unbranched alkanes of at least 4 members (excludes halogenated alkanes) is 2. The van der Waals surface area contributed by atoms with E-state index in [-0.39, 0.29) is 12.4 Å². The summed E-state index contributed by atoms with van der Waals surface area (Å²) in [6, 6.07) is 8.18. The number of ether oxygens (including phenoxy) is 2. The lowest BCUT2D eigenvalue weighted by atomic mass is 9.98. The van der Waals surface area contributed by atoms with Crippen molar-refractivity contribution in [3.05, 3.63) is 63.4 Å². The minimum atomic E-state index is -3.32. The Bertz CT molecular complexity index is 1210. The van der Waals surface area contributed by atoms with E-state index in [2.05, 4.69) is 0 Å². The molecular formula is C24H33FN3O9P. The number of aliphatic hydroxyl groups excluding tert-OH is 1. The first-order valence-corrected chi connectivity index (χ1v) is 13.5. The normalized spacial score (nSPS) is 24.7. The van der Waals surface area contributed by atoms with Crippen LogP contribution in [0.2, 0.25) is 0 Å². The maximum absolute atomic E-state index is 15.4. The van der Waals surface area contributed by atoms with E-state index in [1.54, 1.807) is 30.3 Å². The molecule has 2 aromatic rings. The van der Waals surface area contributed by atoms with Crippen LogP contribution in [-0.2, 0) is 23.4 Å². The molecule has 1 aromatic heterocycles. The number of halogens is 1. The first-order chi connectivity index (χ1) is 18.1. The third kappa shape index (κ3) is 7.17. The fourth-order valence-corrected chi connectivity index (χ4v) is 4.83. The molecule has 2 unspecified atom stereocenters. The molecule has 6 atom stereocenters. The number of esters is 1. The summed E-state index contributed by atoms with van der Waals surface area (Å²) in [5, 5.41) is 10.5. The van der Waals surface area contributed by atoms with Gasteiger partial charge in [-0.3, -0.25) is 23.7 Å². The maximum atomic E-state index is 15.4. The van der Waals surface area contributed by atoms with E-state index in [9.17, 15) is 24.1 Å². The lowest BCUT2D eigenvalue weighted by molar-refractivity contribution is -0.155. The van der Waals surface area contributed by atoms with Crippen LogP contribution < -0.4 is 16.1 Å². The lowest BCUT2D eigenvalue weighted by Crippen LogP contribution is -2.43. The second-order valence-electron chi connectivity index (χ2n) is 9.00. The Balaban J connectivity index is 1.71.